The summed E-state index contributed by atoms with van der Waals surface area (Å²) in [5, 5.41) is 7.33. The Morgan fingerprint density at radius 2 is 2.21 bits per heavy atom. The molecule has 102 valence electrons. The standard InChI is InChI=1S/C14H17NO2S2/c1-3-17-14(16)12(13-10(2)6-8-19-13)15-9-11-5-4-7-18-11/h4-8,12,15H,3,9H2,1-2H3. The van der Waals surface area contributed by atoms with Crippen LogP contribution in [0.5, 0.6) is 0 Å². The summed E-state index contributed by atoms with van der Waals surface area (Å²) in [6, 6.07) is 5.72. The molecule has 0 aromatic carbocycles. The van der Waals surface area contributed by atoms with Crippen molar-refractivity contribution >= 4 is 28.6 Å². The van der Waals surface area contributed by atoms with Gasteiger partial charge in [0.05, 0.1) is 6.61 Å². The van der Waals surface area contributed by atoms with E-state index in [0.717, 1.165) is 10.4 Å². The SMILES string of the molecule is CCOC(=O)C(NCc1cccs1)c1sccc1C. The zero-order valence-corrected chi connectivity index (χ0v) is 12.6. The van der Waals surface area contributed by atoms with E-state index in [2.05, 4.69) is 11.4 Å². The van der Waals surface area contributed by atoms with Gasteiger partial charge in [0.2, 0.25) is 0 Å². The molecule has 1 unspecified atom stereocenters. The summed E-state index contributed by atoms with van der Waals surface area (Å²) in [5.74, 6) is -0.204. The van der Waals surface area contributed by atoms with Crippen molar-refractivity contribution in [2.24, 2.45) is 0 Å². The fraction of sp³-hybridized carbons (Fsp3) is 0.357. The van der Waals surface area contributed by atoms with Crippen LogP contribution < -0.4 is 5.32 Å². The predicted molar refractivity (Wildman–Crippen MR) is 79.6 cm³/mol. The van der Waals surface area contributed by atoms with Gasteiger partial charge in [-0.15, -0.1) is 22.7 Å². The fourth-order valence-corrected chi connectivity index (χ4v) is 3.45. The van der Waals surface area contributed by atoms with E-state index < -0.39 is 0 Å². The number of hydrogen-bond donors (Lipinski definition) is 1. The lowest BCUT2D eigenvalue weighted by molar-refractivity contribution is -0.145. The Kier molecular flexibility index (Phi) is 5.13. The van der Waals surface area contributed by atoms with Gasteiger partial charge in [0, 0.05) is 16.3 Å². The number of nitrogens with one attached hydrogen (secondary N) is 1. The maximum atomic E-state index is 12.1. The zero-order valence-electron chi connectivity index (χ0n) is 11.0. The number of esters is 1. The monoisotopic (exact) mass is 295 g/mol. The molecule has 0 aliphatic rings. The Balaban J connectivity index is 2.10. The smallest absolute Gasteiger partial charge is 0.328 e. The van der Waals surface area contributed by atoms with Crippen LogP contribution in [-0.2, 0) is 16.1 Å². The molecule has 19 heavy (non-hydrogen) atoms. The van der Waals surface area contributed by atoms with Crippen LogP contribution in [0.4, 0.5) is 0 Å². The Hall–Kier alpha value is -1.17. The molecule has 0 saturated carbocycles. The van der Waals surface area contributed by atoms with E-state index >= 15 is 0 Å². The molecule has 0 amide bonds. The second-order valence-corrected chi connectivity index (χ2v) is 6.09. The minimum absolute atomic E-state index is 0.204. The Morgan fingerprint density at radius 3 is 2.79 bits per heavy atom. The highest BCUT2D eigenvalue weighted by Gasteiger charge is 2.24. The summed E-state index contributed by atoms with van der Waals surface area (Å²) in [6.45, 7) is 4.93. The first-order valence-electron chi connectivity index (χ1n) is 6.18. The fourth-order valence-electron chi connectivity index (χ4n) is 1.80. The molecule has 1 N–H and O–H groups in total. The van der Waals surface area contributed by atoms with Gasteiger partial charge >= 0.3 is 5.97 Å². The molecule has 0 bridgehead atoms. The van der Waals surface area contributed by atoms with E-state index in [-0.39, 0.29) is 12.0 Å². The highest BCUT2D eigenvalue weighted by molar-refractivity contribution is 7.10. The van der Waals surface area contributed by atoms with Crippen molar-refractivity contribution in [2.75, 3.05) is 6.61 Å². The summed E-state index contributed by atoms with van der Waals surface area (Å²) in [6.07, 6.45) is 0. The van der Waals surface area contributed by atoms with Gasteiger partial charge in [-0.2, -0.15) is 0 Å². The van der Waals surface area contributed by atoms with Crippen LogP contribution in [0, 0.1) is 6.92 Å². The van der Waals surface area contributed by atoms with E-state index in [4.69, 9.17) is 4.74 Å². The summed E-state index contributed by atoms with van der Waals surface area (Å²) in [4.78, 5) is 14.3. The first-order chi connectivity index (χ1) is 9.22. The molecule has 3 nitrogen and oxygen atoms in total. The molecular formula is C14H17NO2S2. The number of rotatable bonds is 6. The van der Waals surface area contributed by atoms with E-state index in [1.54, 1.807) is 22.7 Å². The largest absolute Gasteiger partial charge is 0.465 e. The predicted octanol–water partition coefficient (Wildman–Crippen LogP) is 3.51. The first-order valence-corrected chi connectivity index (χ1v) is 7.94. The van der Waals surface area contributed by atoms with Gasteiger partial charge in [-0.1, -0.05) is 6.07 Å². The van der Waals surface area contributed by atoms with Crippen molar-refractivity contribution in [3.63, 3.8) is 0 Å². The van der Waals surface area contributed by atoms with Crippen molar-refractivity contribution < 1.29 is 9.53 Å². The average Bonchev–Trinajstić information content (AvgIpc) is 3.02. The lowest BCUT2D eigenvalue weighted by Gasteiger charge is -2.16. The molecule has 2 rings (SSSR count). The summed E-state index contributed by atoms with van der Waals surface area (Å²) >= 11 is 3.27. The highest BCUT2D eigenvalue weighted by Crippen LogP contribution is 2.25. The van der Waals surface area contributed by atoms with Crippen LogP contribution in [-0.4, -0.2) is 12.6 Å². The molecule has 0 aliphatic heterocycles. The molecule has 0 aliphatic carbocycles. The number of hydrogen-bond acceptors (Lipinski definition) is 5. The molecule has 0 spiro atoms. The third kappa shape index (κ3) is 3.65. The van der Waals surface area contributed by atoms with Gasteiger partial charge in [0.15, 0.2) is 0 Å². The van der Waals surface area contributed by atoms with Crippen molar-refractivity contribution in [3.05, 3.63) is 44.3 Å². The van der Waals surface area contributed by atoms with Crippen LogP contribution in [0.1, 0.15) is 28.3 Å². The van der Waals surface area contributed by atoms with Gasteiger partial charge in [-0.05, 0) is 42.3 Å². The third-order valence-electron chi connectivity index (χ3n) is 2.75. The number of carbonyl (C=O) groups is 1. The second-order valence-electron chi connectivity index (χ2n) is 4.11. The molecule has 1 atom stereocenters. The lowest BCUT2D eigenvalue weighted by atomic mass is 10.1. The third-order valence-corrected chi connectivity index (χ3v) is 4.71. The van der Waals surface area contributed by atoms with E-state index in [1.165, 1.54) is 4.88 Å². The average molecular weight is 295 g/mol. The zero-order chi connectivity index (χ0) is 13.7. The first kappa shape index (κ1) is 14.2. The number of thiophene rings is 2. The van der Waals surface area contributed by atoms with E-state index in [9.17, 15) is 4.79 Å². The van der Waals surface area contributed by atoms with Crippen LogP contribution in [0.2, 0.25) is 0 Å². The van der Waals surface area contributed by atoms with E-state index in [0.29, 0.717) is 13.2 Å². The molecule has 0 radical (unpaired) electrons. The maximum Gasteiger partial charge on any atom is 0.328 e. The summed E-state index contributed by atoms with van der Waals surface area (Å²) in [5.41, 5.74) is 1.13. The minimum atomic E-state index is -0.373. The van der Waals surface area contributed by atoms with Gasteiger partial charge in [0.1, 0.15) is 6.04 Å². The number of ether oxygens (including phenoxy) is 1. The van der Waals surface area contributed by atoms with Crippen molar-refractivity contribution in [2.45, 2.75) is 26.4 Å². The normalized spacial score (nSPS) is 12.3. The second kappa shape index (κ2) is 6.84. The molecule has 0 fully saturated rings. The topological polar surface area (TPSA) is 38.3 Å². The van der Waals surface area contributed by atoms with Crippen molar-refractivity contribution in [1.29, 1.82) is 0 Å². The van der Waals surface area contributed by atoms with Crippen molar-refractivity contribution in [1.82, 2.24) is 5.32 Å². The molecule has 5 heteroatoms. The Labute approximate surface area is 121 Å². The van der Waals surface area contributed by atoms with Gasteiger partial charge in [-0.25, -0.2) is 4.79 Å². The maximum absolute atomic E-state index is 12.1. The van der Waals surface area contributed by atoms with Crippen LogP contribution in [0.15, 0.2) is 29.0 Å². The van der Waals surface area contributed by atoms with Gasteiger partial charge in [-0.3, -0.25) is 5.32 Å². The molecule has 2 heterocycles. The van der Waals surface area contributed by atoms with E-state index in [1.807, 2.05) is 36.7 Å². The summed E-state index contributed by atoms with van der Waals surface area (Å²) in [7, 11) is 0. The number of carbonyl (C=O) groups excluding carboxylic acids is 1. The van der Waals surface area contributed by atoms with Crippen molar-refractivity contribution in [3.8, 4) is 0 Å². The van der Waals surface area contributed by atoms with Gasteiger partial charge in [0.25, 0.3) is 0 Å². The minimum Gasteiger partial charge on any atom is -0.465 e. The molecular weight excluding hydrogens is 278 g/mol. The Bertz CT molecular complexity index is 519. The Morgan fingerprint density at radius 1 is 1.37 bits per heavy atom. The molecule has 2 aromatic rings. The van der Waals surface area contributed by atoms with Crippen LogP contribution >= 0.6 is 22.7 Å². The van der Waals surface area contributed by atoms with Crippen LogP contribution in [0.3, 0.4) is 0 Å². The van der Waals surface area contributed by atoms with Crippen LogP contribution in [0.25, 0.3) is 0 Å². The van der Waals surface area contributed by atoms with Gasteiger partial charge < -0.3 is 4.74 Å². The highest BCUT2D eigenvalue weighted by atomic mass is 32.1. The quantitative estimate of drug-likeness (QED) is 0.829. The molecule has 0 saturated heterocycles. The summed E-state index contributed by atoms with van der Waals surface area (Å²) < 4.78 is 5.16. The molecule has 2 aromatic heterocycles. The lowest BCUT2D eigenvalue weighted by Crippen LogP contribution is -2.29. The number of aryl methyl sites for hydroxylation is 1.